The number of nitrogens with zero attached hydrogens (tertiary/aromatic N) is 5. The Kier molecular flexibility index (Phi) is 4.53. The van der Waals surface area contributed by atoms with Crippen LogP contribution in [0.15, 0.2) is 18.5 Å². The summed E-state index contributed by atoms with van der Waals surface area (Å²) >= 11 is 0. The number of pyridine rings is 1. The molecule has 3 heterocycles. The lowest BCUT2D eigenvalue weighted by Crippen LogP contribution is -2.11. The van der Waals surface area contributed by atoms with Crippen molar-refractivity contribution in [3.63, 3.8) is 0 Å². The van der Waals surface area contributed by atoms with Crippen LogP contribution in [0, 0.1) is 13.8 Å². The molecule has 0 radical (unpaired) electrons. The number of anilines is 1. The monoisotopic (exact) mass is 328 g/mol. The second-order valence-electron chi connectivity index (χ2n) is 6.30. The molecular formula is C17H24N6O. The summed E-state index contributed by atoms with van der Waals surface area (Å²) < 4.78 is 3.74. The van der Waals surface area contributed by atoms with Crippen molar-refractivity contribution in [1.29, 1.82) is 0 Å². The van der Waals surface area contributed by atoms with E-state index in [0.717, 1.165) is 33.7 Å². The van der Waals surface area contributed by atoms with E-state index in [1.165, 1.54) is 0 Å². The van der Waals surface area contributed by atoms with Crippen LogP contribution >= 0.6 is 0 Å². The van der Waals surface area contributed by atoms with E-state index in [-0.39, 0.29) is 12.6 Å². The molecule has 2 N–H and O–H groups in total. The van der Waals surface area contributed by atoms with Gasteiger partial charge >= 0.3 is 0 Å². The number of hydrogen-bond acceptors (Lipinski definition) is 5. The van der Waals surface area contributed by atoms with Crippen LogP contribution in [0.1, 0.15) is 36.7 Å². The highest BCUT2D eigenvalue weighted by Gasteiger charge is 2.12. The first-order valence-corrected chi connectivity index (χ1v) is 8.22. The molecule has 7 nitrogen and oxygen atoms in total. The molecule has 0 unspecified atom stereocenters. The van der Waals surface area contributed by atoms with Crippen molar-refractivity contribution in [3.05, 3.63) is 35.3 Å². The minimum Gasteiger partial charge on any atom is -0.394 e. The van der Waals surface area contributed by atoms with Crippen molar-refractivity contribution >= 4 is 16.9 Å². The number of aromatic nitrogens is 5. The molecule has 7 heteroatoms. The molecule has 0 saturated carbocycles. The summed E-state index contributed by atoms with van der Waals surface area (Å²) in [4.78, 5) is 4.56. The van der Waals surface area contributed by atoms with Gasteiger partial charge in [-0.1, -0.05) is 0 Å². The van der Waals surface area contributed by atoms with Gasteiger partial charge in [-0.2, -0.15) is 10.2 Å². The Balaban J connectivity index is 1.81. The van der Waals surface area contributed by atoms with Crippen molar-refractivity contribution < 1.29 is 5.11 Å². The Morgan fingerprint density at radius 2 is 2.04 bits per heavy atom. The van der Waals surface area contributed by atoms with Gasteiger partial charge in [0, 0.05) is 29.7 Å². The Hall–Kier alpha value is -2.41. The van der Waals surface area contributed by atoms with E-state index in [1.54, 1.807) is 0 Å². The lowest BCUT2D eigenvalue weighted by atomic mass is 10.2. The minimum atomic E-state index is 0.0666. The summed E-state index contributed by atoms with van der Waals surface area (Å²) in [6, 6.07) is 2.40. The van der Waals surface area contributed by atoms with Gasteiger partial charge in [-0.15, -0.1) is 0 Å². The van der Waals surface area contributed by atoms with Crippen molar-refractivity contribution in [2.24, 2.45) is 0 Å². The second-order valence-corrected chi connectivity index (χ2v) is 6.30. The highest BCUT2D eigenvalue weighted by Crippen LogP contribution is 2.21. The Morgan fingerprint density at radius 3 is 2.75 bits per heavy atom. The van der Waals surface area contributed by atoms with Crippen molar-refractivity contribution in [3.8, 4) is 0 Å². The molecular weight excluding hydrogens is 304 g/mol. The zero-order valence-corrected chi connectivity index (χ0v) is 14.6. The number of fused-ring (bicyclic) bond motifs is 1. The first-order valence-electron chi connectivity index (χ1n) is 8.22. The number of aliphatic hydroxyl groups excluding tert-OH is 1. The maximum absolute atomic E-state index is 9.19. The smallest absolute Gasteiger partial charge is 0.157 e. The van der Waals surface area contributed by atoms with Crippen molar-refractivity contribution in [2.75, 3.05) is 11.9 Å². The average Bonchev–Trinajstić information content (AvgIpc) is 3.08. The highest BCUT2D eigenvalue weighted by atomic mass is 16.3. The first kappa shape index (κ1) is 16.4. The van der Waals surface area contributed by atoms with E-state index < -0.39 is 0 Å². The van der Waals surface area contributed by atoms with Gasteiger partial charge in [0.05, 0.1) is 25.0 Å². The molecule has 0 aliphatic carbocycles. The van der Waals surface area contributed by atoms with Gasteiger partial charge in [0.1, 0.15) is 5.82 Å². The van der Waals surface area contributed by atoms with Crippen molar-refractivity contribution in [1.82, 2.24) is 24.5 Å². The molecule has 128 valence electrons. The zero-order chi connectivity index (χ0) is 17.3. The largest absolute Gasteiger partial charge is 0.394 e. The van der Waals surface area contributed by atoms with Crippen LogP contribution < -0.4 is 5.32 Å². The number of rotatable bonds is 6. The molecule has 0 bridgehead atoms. The fourth-order valence-electron chi connectivity index (χ4n) is 2.80. The fourth-order valence-corrected chi connectivity index (χ4v) is 2.80. The van der Waals surface area contributed by atoms with Crippen LogP contribution in [-0.2, 0) is 13.1 Å². The molecule has 0 amide bonds. The normalized spacial score (nSPS) is 11.6. The molecule has 0 aromatic carbocycles. The predicted molar refractivity (Wildman–Crippen MR) is 94.0 cm³/mol. The van der Waals surface area contributed by atoms with Gasteiger partial charge in [0.2, 0.25) is 0 Å². The Labute approximate surface area is 141 Å². The van der Waals surface area contributed by atoms with Gasteiger partial charge in [-0.3, -0.25) is 0 Å². The minimum absolute atomic E-state index is 0.0666. The van der Waals surface area contributed by atoms with E-state index >= 15 is 0 Å². The van der Waals surface area contributed by atoms with Crippen LogP contribution in [0.25, 0.3) is 11.0 Å². The average molecular weight is 328 g/mol. The van der Waals surface area contributed by atoms with Gasteiger partial charge in [-0.05, 0) is 39.3 Å². The predicted octanol–water partition coefficient (Wildman–Crippen LogP) is 2.43. The van der Waals surface area contributed by atoms with E-state index in [2.05, 4.69) is 40.4 Å². The summed E-state index contributed by atoms with van der Waals surface area (Å²) in [6.45, 7) is 9.39. The van der Waals surface area contributed by atoms with Crippen LogP contribution in [-0.4, -0.2) is 36.3 Å². The molecule has 3 aromatic heterocycles. The highest BCUT2D eigenvalue weighted by molar-refractivity contribution is 5.75. The molecule has 24 heavy (non-hydrogen) atoms. The SMILES string of the molecule is Cc1nn(CCO)c(NCc2cnc3c(cnn3C(C)C)c2)c1C. The lowest BCUT2D eigenvalue weighted by molar-refractivity contribution is 0.270. The van der Waals surface area contributed by atoms with Crippen LogP contribution in [0.4, 0.5) is 5.82 Å². The van der Waals surface area contributed by atoms with E-state index in [4.69, 9.17) is 0 Å². The second kappa shape index (κ2) is 6.60. The van der Waals surface area contributed by atoms with Crippen LogP contribution in [0.3, 0.4) is 0 Å². The summed E-state index contributed by atoms with van der Waals surface area (Å²) in [5, 5.41) is 22.5. The fraction of sp³-hybridized carbons (Fsp3) is 0.471. The standard InChI is InChI=1S/C17H24N6O/c1-11(2)23-17-15(10-20-23)7-14(9-19-17)8-18-16-12(3)13(4)21-22(16)5-6-24/h7,9-11,18,24H,5-6,8H2,1-4H3. The van der Waals surface area contributed by atoms with Crippen molar-refractivity contribution in [2.45, 2.75) is 46.8 Å². The quantitative estimate of drug-likeness (QED) is 0.726. The molecule has 0 atom stereocenters. The van der Waals surface area contributed by atoms with E-state index in [9.17, 15) is 5.11 Å². The van der Waals surface area contributed by atoms with Gasteiger partial charge in [0.25, 0.3) is 0 Å². The number of aliphatic hydroxyl groups is 1. The molecule has 0 aliphatic heterocycles. The number of nitrogens with one attached hydrogen (secondary N) is 1. The summed E-state index contributed by atoms with van der Waals surface area (Å²) in [6.07, 6.45) is 3.74. The molecule has 0 fully saturated rings. The molecule has 0 aliphatic rings. The van der Waals surface area contributed by atoms with E-state index in [1.807, 2.05) is 35.6 Å². The maximum Gasteiger partial charge on any atom is 0.157 e. The van der Waals surface area contributed by atoms with Gasteiger partial charge in [0.15, 0.2) is 5.65 Å². The number of hydrogen-bond donors (Lipinski definition) is 2. The lowest BCUT2D eigenvalue weighted by Gasteiger charge is -2.11. The topological polar surface area (TPSA) is 80.8 Å². The van der Waals surface area contributed by atoms with E-state index in [0.29, 0.717) is 13.1 Å². The number of aryl methyl sites for hydroxylation is 1. The summed E-state index contributed by atoms with van der Waals surface area (Å²) in [5.41, 5.74) is 4.06. The molecule has 3 aromatic rings. The summed E-state index contributed by atoms with van der Waals surface area (Å²) in [5.74, 6) is 0.944. The third-order valence-electron chi connectivity index (χ3n) is 4.18. The molecule has 0 saturated heterocycles. The maximum atomic E-state index is 9.19. The third-order valence-corrected chi connectivity index (χ3v) is 4.18. The van der Waals surface area contributed by atoms with Gasteiger partial charge in [-0.25, -0.2) is 14.3 Å². The summed E-state index contributed by atoms with van der Waals surface area (Å²) in [7, 11) is 0. The van der Waals surface area contributed by atoms with Gasteiger partial charge < -0.3 is 10.4 Å². The Bertz CT molecular complexity index is 848. The third kappa shape index (κ3) is 2.99. The zero-order valence-electron chi connectivity index (χ0n) is 14.6. The molecule has 3 rings (SSSR count). The Morgan fingerprint density at radius 1 is 1.25 bits per heavy atom. The van der Waals surface area contributed by atoms with Crippen LogP contribution in [0.5, 0.6) is 0 Å². The first-order chi connectivity index (χ1) is 11.5. The van der Waals surface area contributed by atoms with Crippen LogP contribution in [0.2, 0.25) is 0 Å². The molecule has 0 spiro atoms.